The van der Waals surface area contributed by atoms with Crippen LogP contribution in [0.4, 0.5) is 4.79 Å². The summed E-state index contributed by atoms with van der Waals surface area (Å²) in [6, 6.07) is 0. The van der Waals surface area contributed by atoms with E-state index in [1.165, 1.54) is 0 Å². The highest BCUT2D eigenvalue weighted by atomic mass is 16.6. The number of hydrogen-bond donors (Lipinski definition) is 1. The first-order valence-electron chi connectivity index (χ1n) is 4.88. The maximum Gasteiger partial charge on any atom is 0.410 e. The lowest BCUT2D eigenvalue weighted by atomic mass is 10.2. The summed E-state index contributed by atoms with van der Waals surface area (Å²) in [6.07, 6.45) is -0.229. The Bertz CT molecular complexity index is 182. The quantitative estimate of drug-likeness (QED) is 0.721. The van der Waals surface area contributed by atoms with Gasteiger partial charge in [0.1, 0.15) is 5.60 Å². The first-order chi connectivity index (χ1) is 6.82. The minimum absolute atomic E-state index is 0.229. The van der Waals surface area contributed by atoms with Crippen LogP contribution < -0.4 is 0 Å². The van der Waals surface area contributed by atoms with Crippen molar-refractivity contribution in [3.05, 3.63) is 0 Å². The van der Waals surface area contributed by atoms with E-state index in [1.807, 2.05) is 34.6 Å². The Morgan fingerprint density at radius 3 is 1.87 bits per heavy atom. The molecule has 1 N–H and O–H groups in total. The Balaban J connectivity index is 0. The molecule has 5 heteroatoms. The molecule has 90 valence electrons. The van der Waals surface area contributed by atoms with Gasteiger partial charge in [0, 0.05) is 13.1 Å². The van der Waals surface area contributed by atoms with E-state index in [0.717, 1.165) is 0 Å². The van der Waals surface area contributed by atoms with Crippen LogP contribution in [0.3, 0.4) is 0 Å². The molecule has 0 bridgehead atoms. The summed E-state index contributed by atoms with van der Waals surface area (Å²) in [5, 5.41) is 6.89. The Morgan fingerprint density at radius 1 is 1.33 bits per heavy atom. The third-order valence-electron chi connectivity index (χ3n) is 1.42. The zero-order valence-corrected chi connectivity index (χ0v) is 10.1. The normalized spacial score (nSPS) is 9.67. The molecule has 15 heavy (non-hydrogen) atoms. The fourth-order valence-corrected chi connectivity index (χ4v) is 0.808. The van der Waals surface area contributed by atoms with Crippen molar-refractivity contribution in [3.63, 3.8) is 0 Å². The predicted octanol–water partition coefficient (Wildman–Crippen LogP) is 1.96. The van der Waals surface area contributed by atoms with Crippen LogP contribution in [0.15, 0.2) is 0 Å². The average Bonchev–Trinajstić information content (AvgIpc) is 2.04. The molecule has 0 radical (unpaired) electrons. The van der Waals surface area contributed by atoms with E-state index in [4.69, 9.17) is 14.6 Å². The lowest BCUT2D eigenvalue weighted by molar-refractivity contribution is -0.122. The number of hydrogen-bond acceptors (Lipinski definition) is 3. The van der Waals surface area contributed by atoms with Crippen molar-refractivity contribution in [2.24, 2.45) is 0 Å². The van der Waals surface area contributed by atoms with Gasteiger partial charge in [0.2, 0.25) is 0 Å². The zero-order valence-electron chi connectivity index (χ0n) is 10.1. The standard InChI is InChI=1S/C9H19NO2.CH2O2/c1-6-10(7-2)8(11)12-9(3,4)5;2-1-3/h6-7H2,1-5H3;1H,(H,2,3). The van der Waals surface area contributed by atoms with E-state index >= 15 is 0 Å². The molecule has 0 saturated heterocycles. The monoisotopic (exact) mass is 219 g/mol. The maximum absolute atomic E-state index is 11.3. The number of amides is 1. The summed E-state index contributed by atoms with van der Waals surface area (Å²) >= 11 is 0. The van der Waals surface area contributed by atoms with Crippen molar-refractivity contribution in [2.75, 3.05) is 13.1 Å². The molecule has 0 rings (SSSR count). The number of carbonyl (C=O) groups excluding carboxylic acids is 1. The van der Waals surface area contributed by atoms with Crippen molar-refractivity contribution >= 4 is 12.6 Å². The molecule has 0 atom stereocenters. The van der Waals surface area contributed by atoms with Gasteiger partial charge < -0.3 is 14.7 Å². The first-order valence-corrected chi connectivity index (χ1v) is 4.88. The summed E-state index contributed by atoms with van der Waals surface area (Å²) < 4.78 is 5.17. The summed E-state index contributed by atoms with van der Waals surface area (Å²) in [5.41, 5.74) is -0.389. The van der Waals surface area contributed by atoms with Crippen LogP contribution >= 0.6 is 0 Å². The predicted molar refractivity (Wildman–Crippen MR) is 57.8 cm³/mol. The van der Waals surface area contributed by atoms with Crippen molar-refractivity contribution in [3.8, 4) is 0 Å². The molecule has 0 aliphatic heterocycles. The lowest BCUT2D eigenvalue weighted by Gasteiger charge is -2.25. The molecule has 0 spiro atoms. The summed E-state index contributed by atoms with van der Waals surface area (Å²) in [4.78, 5) is 21.3. The third-order valence-corrected chi connectivity index (χ3v) is 1.42. The van der Waals surface area contributed by atoms with Gasteiger partial charge >= 0.3 is 6.09 Å². The first kappa shape index (κ1) is 16.2. The SMILES string of the molecule is CCN(CC)C(=O)OC(C)(C)C.O=CO. The molecule has 0 aliphatic rings. The molecule has 0 saturated carbocycles. The lowest BCUT2D eigenvalue weighted by Crippen LogP contribution is -2.36. The van der Waals surface area contributed by atoms with Gasteiger partial charge in [-0.3, -0.25) is 4.79 Å². The van der Waals surface area contributed by atoms with Gasteiger partial charge in [-0.1, -0.05) is 0 Å². The molecule has 1 amide bonds. The number of rotatable bonds is 2. The number of carboxylic acid groups (broad SMARTS) is 1. The Morgan fingerprint density at radius 2 is 1.67 bits per heavy atom. The highest BCUT2D eigenvalue weighted by molar-refractivity contribution is 5.67. The molecule has 0 heterocycles. The highest BCUT2D eigenvalue weighted by Crippen LogP contribution is 2.09. The van der Waals surface area contributed by atoms with Crippen LogP contribution in [0.1, 0.15) is 34.6 Å². The number of ether oxygens (including phenoxy) is 1. The van der Waals surface area contributed by atoms with Gasteiger partial charge in [-0.15, -0.1) is 0 Å². The van der Waals surface area contributed by atoms with Crippen LogP contribution in [0.2, 0.25) is 0 Å². The van der Waals surface area contributed by atoms with Gasteiger partial charge in [0.15, 0.2) is 0 Å². The second-order valence-corrected chi connectivity index (χ2v) is 3.76. The third kappa shape index (κ3) is 10.7. The minimum atomic E-state index is -0.389. The largest absolute Gasteiger partial charge is 0.483 e. The van der Waals surface area contributed by atoms with E-state index in [2.05, 4.69) is 0 Å². The fourth-order valence-electron chi connectivity index (χ4n) is 0.808. The molecule has 0 aromatic rings. The van der Waals surface area contributed by atoms with Crippen LogP contribution in [-0.4, -0.2) is 41.3 Å². The Hall–Kier alpha value is -1.26. The summed E-state index contributed by atoms with van der Waals surface area (Å²) in [7, 11) is 0. The molecule has 0 aliphatic carbocycles. The van der Waals surface area contributed by atoms with Crippen LogP contribution in [0.5, 0.6) is 0 Å². The van der Waals surface area contributed by atoms with Crippen molar-refractivity contribution in [1.29, 1.82) is 0 Å². The Labute approximate surface area is 91.0 Å². The summed E-state index contributed by atoms with van der Waals surface area (Å²) in [5.74, 6) is 0. The smallest absolute Gasteiger partial charge is 0.410 e. The van der Waals surface area contributed by atoms with Gasteiger partial charge in [-0.2, -0.15) is 0 Å². The van der Waals surface area contributed by atoms with E-state index in [-0.39, 0.29) is 18.2 Å². The molecule has 5 nitrogen and oxygen atoms in total. The van der Waals surface area contributed by atoms with E-state index in [9.17, 15) is 4.79 Å². The minimum Gasteiger partial charge on any atom is -0.483 e. The molecule has 0 unspecified atom stereocenters. The molecule has 0 aromatic carbocycles. The second-order valence-electron chi connectivity index (χ2n) is 3.76. The fraction of sp³-hybridized carbons (Fsp3) is 0.800. The average molecular weight is 219 g/mol. The van der Waals surface area contributed by atoms with Crippen molar-refractivity contribution in [1.82, 2.24) is 4.90 Å². The number of carbonyl (C=O) groups is 2. The van der Waals surface area contributed by atoms with Crippen LogP contribution in [-0.2, 0) is 9.53 Å². The molecular formula is C10H21NO4. The van der Waals surface area contributed by atoms with Crippen molar-refractivity contribution < 1.29 is 19.4 Å². The van der Waals surface area contributed by atoms with E-state index in [1.54, 1.807) is 4.90 Å². The highest BCUT2D eigenvalue weighted by Gasteiger charge is 2.19. The zero-order chi connectivity index (χ0) is 12.5. The van der Waals surface area contributed by atoms with E-state index < -0.39 is 0 Å². The number of nitrogens with zero attached hydrogens (tertiary/aromatic N) is 1. The molecular weight excluding hydrogens is 198 g/mol. The maximum atomic E-state index is 11.3. The van der Waals surface area contributed by atoms with Crippen LogP contribution in [0, 0.1) is 0 Å². The second kappa shape index (κ2) is 8.08. The van der Waals surface area contributed by atoms with Gasteiger partial charge in [0.05, 0.1) is 0 Å². The van der Waals surface area contributed by atoms with Gasteiger partial charge in [-0.25, -0.2) is 4.79 Å². The van der Waals surface area contributed by atoms with Gasteiger partial charge in [-0.05, 0) is 34.6 Å². The van der Waals surface area contributed by atoms with E-state index in [0.29, 0.717) is 13.1 Å². The topological polar surface area (TPSA) is 66.8 Å². The van der Waals surface area contributed by atoms with Crippen molar-refractivity contribution in [2.45, 2.75) is 40.2 Å². The van der Waals surface area contributed by atoms with Crippen LogP contribution in [0.25, 0.3) is 0 Å². The summed E-state index contributed by atoms with van der Waals surface area (Å²) in [6.45, 7) is 10.6. The Kier molecular flexibility index (Phi) is 8.72. The molecule has 0 aromatic heterocycles. The molecule has 0 fully saturated rings. The van der Waals surface area contributed by atoms with Gasteiger partial charge in [0.25, 0.3) is 6.47 Å².